The van der Waals surface area contributed by atoms with Crippen LogP contribution in [-0.4, -0.2) is 78.8 Å². The second-order valence-electron chi connectivity index (χ2n) is 8.74. The summed E-state index contributed by atoms with van der Waals surface area (Å²) in [5.41, 5.74) is 4.67. The molecule has 0 aliphatic rings. The van der Waals surface area contributed by atoms with Gasteiger partial charge in [-0.25, -0.2) is 0 Å². The van der Waals surface area contributed by atoms with Crippen molar-refractivity contribution in [3.05, 3.63) is 0 Å². The van der Waals surface area contributed by atoms with Crippen molar-refractivity contribution in [2.75, 3.05) is 14.1 Å². The minimum Gasteiger partial charge on any atom is -0.349 e. The van der Waals surface area contributed by atoms with Crippen LogP contribution in [0.1, 0.15) is 41.0 Å². The third kappa shape index (κ3) is 9.20. The normalized spacial score (nSPS) is 15.6. The topological polar surface area (TPSA) is 151 Å². The van der Waals surface area contributed by atoms with Gasteiger partial charge in [-0.05, 0) is 19.3 Å². The first kappa shape index (κ1) is 29.3. The number of rotatable bonds is 9. The van der Waals surface area contributed by atoms with Gasteiger partial charge < -0.3 is 26.6 Å². The Morgan fingerprint density at radius 2 is 1.38 bits per heavy atom. The van der Waals surface area contributed by atoms with Crippen LogP contribution in [0.5, 0.6) is 0 Å². The molecule has 0 aromatic rings. The van der Waals surface area contributed by atoms with Crippen LogP contribution >= 0.6 is 0 Å². The third-order valence-corrected chi connectivity index (χ3v) is 4.37. The number of hydrogen-bond acceptors (Lipinski definition) is 6. The highest BCUT2D eigenvalue weighted by Crippen LogP contribution is 2.20. The van der Waals surface area contributed by atoms with Crippen LogP contribution < -0.4 is 21.7 Å². The molecule has 0 fully saturated rings. The summed E-state index contributed by atoms with van der Waals surface area (Å²) < 4.78 is 37.9. The summed E-state index contributed by atoms with van der Waals surface area (Å²) in [5.74, 6) is -5.45. The van der Waals surface area contributed by atoms with Crippen molar-refractivity contribution in [3.63, 3.8) is 0 Å². The fourth-order valence-electron chi connectivity index (χ4n) is 2.40. The minimum atomic E-state index is -5.18. The number of carbonyl (C=O) groups excluding carboxylic acids is 5. The SMILES string of the molecule is CC(N)C(=O)N[C@H](C(=O)NC(CC(=O)N(C)C)C(=O)NC(C)C(=O)C(F)(F)F)C(C)(C)C. The van der Waals surface area contributed by atoms with Crippen LogP contribution in [-0.2, 0) is 24.0 Å². The van der Waals surface area contributed by atoms with E-state index in [1.54, 1.807) is 20.8 Å². The van der Waals surface area contributed by atoms with Crippen molar-refractivity contribution in [1.82, 2.24) is 20.9 Å². The van der Waals surface area contributed by atoms with E-state index < -0.39 is 71.6 Å². The van der Waals surface area contributed by atoms with E-state index in [1.165, 1.54) is 21.0 Å². The highest BCUT2D eigenvalue weighted by Gasteiger charge is 2.43. The lowest BCUT2D eigenvalue weighted by atomic mass is 9.85. The molecular formula is C19H32F3N5O5. The maximum Gasteiger partial charge on any atom is 0.452 e. The molecule has 13 heteroatoms. The Morgan fingerprint density at radius 3 is 1.75 bits per heavy atom. The molecule has 0 saturated heterocycles. The molecule has 0 aromatic heterocycles. The molecule has 0 rings (SSSR count). The number of alkyl halides is 3. The van der Waals surface area contributed by atoms with Gasteiger partial charge in [-0.1, -0.05) is 20.8 Å². The van der Waals surface area contributed by atoms with Crippen LogP contribution in [0.3, 0.4) is 0 Å². The lowest BCUT2D eigenvalue weighted by Crippen LogP contribution is -2.60. The number of Topliss-reactive ketones (excluding diaryl/α,β-unsaturated/α-hetero) is 1. The smallest absolute Gasteiger partial charge is 0.349 e. The van der Waals surface area contributed by atoms with E-state index in [4.69, 9.17) is 5.73 Å². The second kappa shape index (κ2) is 11.2. The minimum absolute atomic E-state index is 0.588. The molecule has 0 radical (unpaired) electrons. The highest BCUT2D eigenvalue weighted by atomic mass is 19.4. The maximum absolute atomic E-state index is 12.9. The van der Waals surface area contributed by atoms with Gasteiger partial charge >= 0.3 is 6.18 Å². The van der Waals surface area contributed by atoms with E-state index in [9.17, 15) is 37.1 Å². The molecule has 4 amide bonds. The van der Waals surface area contributed by atoms with E-state index in [0.29, 0.717) is 0 Å². The molecule has 0 spiro atoms. The number of ketones is 1. The van der Waals surface area contributed by atoms with Crippen LogP contribution in [0, 0.1) is 5.41 Å². The maximum atomic E-state index is 12.9. The molecule has 0 heterocycles. The number of nitrogens with two attached hydrogens (primary N) is 1. The van der Waals surface area contributed by atoms with Crippen molar-refractivity contribution in [2.45, 2.75) is 71.4 Å². The van der Waals surface area contributed by atoms with Gasteiger partial charge in [-0.15, -0.1) is 0 Å². The first-order valence-corrected chi connectivity index (χ1v) is 9.76. The Morgan fingerprint density at radius 1 is 0.875 bits per heavy atom. The predicted molar refractivity (Wildman–Crippen MR) is 109 cm³/mol. The lowest BCUT2D eigenvalue weighted by Gasteiger charge is -2.32. The molecule has 10 nitrogen and oxygen atoms in total. The summed E-state index contributed by atoms with van der Waals surface area (Å²) in [6.07, 6.45) is -5.76. The molecule has 4 atom stereocenters. The van der Waals surface area contributed by atoms with Gasteiger partial charge in [0.25, 0.3) is 5.78 Å². The highest BCUT2D eigenvalue weighted by molar-refractivity contribution is 5.98. The van der Waals surface area contributed by atoms with Crippen molar-refractivity contribution < 1.29 is 37.1 Å². The number of amides is 4. The zero-order chi connectivity index (χ0) is 25.6. The summed E-state index contributed by atoms with van der Waals surface area (Å²) in [7, 11) is 2.77. The van der Waals surface area contributed by atoms with Crippen molar-refractivity contribution in [3.8, 4) is 0 Å². The largest absolute Gasteiger partial charge is 0.452 e. The van der Waals surface area contributed by atoms with Gasteiger partial charge in [-0.2, -0.15) is 13.2 Å². The van der Waals surface area contributed by atoms with Gasteiger partial charge in [0.05, 0.1) is 18.5 Å². The number of carbonyl (C=O) groups is 5. The fourth-order valence-corrected chi connectivity index (χ4v) is 2.40. The van der Waals surface area contributed by atoms with Gasteiger partial charge in [0.15, 0.2) is 0 Å². The molecule has 3 unspecified atom stereocenters. The molecule has 184 valence electrons. The van der Waals surface area contributed by atoms with E-state index in [2.05, 4.69) is 10.6 Å². The summed E-state index contributed by atoms with van der Waals surface area (Å²) in [4.78, 5) is 62.0. The molecule has 0 saturated carbocycles. The van der Waals surface area contributed by atoms with Crippen LogP contribution in [0.15, 0.2) is 0 Å². The monoisotopic (exact) mass is 467 g/mol. The Hall–Kier alpha value is -2.70. The molecule has 0 aliphatic heterocycles. The summed E-state index contributed by atoms with van der Waals surface area (Å²) in [6.45, 7) is 7.12. The van der Waals surface area contributed by atoms with Gasteiger partial charge in [0.2, 0.25) is 23.6 Å². The molecular weight excluding hydrogens is 435 g/mol. The number of nitrogens with one attached hydrogen (secondary N) is 3. The lowest BCUT2D eigenvalue weighted by molar-refractivity contribution is -0.173. The zero-order valence-corrected chi connectivity index (χ0v) is 19.2. The van der Waals surface area contributed by atoms with Crippen LogP contribution in [0.2, 0.25) is 0 Å². The molecule has 32 heavy (non-hydrogen) atoms. The summed E-state index contributed by atoms with van der Waals surface area (Å²) >= 11 is 0. The fraction of sp³-hybridized carbons (Fsp3) is 0.737. The third-order valence-electron chi connectivity index (χ3n) is 4.37. The van der Waals surface area contributed by atoms with Crippen molar-refractivity contribution in [1.29, 1.82) is 0 Å². The summed E-state index contributed by atoms with van der Waals surface area (Å²) in [6, 6.07) is -5.65. The first-order chi connectivity index (χ1) is 14.3. The standard InChI is InChI=1S/C19H32F3N5O5/c1-9(23)15(30)26-13(18(3,4)5)17(32)25-11(8-12(28)27(6)7)16(31)24-10(2)14(29)19(20,21)22/h9-11,13H,8,23H2,1-7H3,(H,24,31)(H,25,32)(H,26,30)/t9?,10?,11?,13-/m1/s1. The molecule has 0 aromatic carbocycles. The van der Waals surface area contributed by atoms with Gasteiger partial charge in [0, 0.05) is 14.1 Å². The van der Waals surface area contributed by atoms with E-state index in [1.807, 2.05) is 5.32 Å². The van der Waals surface area contributed by atoms with E-state index in [-0.39, 0.29) is 0 Å². The quantitative estimate of drug-likeness (QED) is 0.358. The van der Waals surface area contributed by atoms with Crippen LogP contribution in [0.25, 0.3) is 0 Å². The Labute approximate surface area is 184 Å². The van der Waals surface area contributed by atoms with Crippen molar-refractivity contribution in [2.24, 2.45) is 11.1 Å². The van der Waals surface area contributed by atoms with Crippen LogP contribution in [0.4, 0.5) is 13.2 Å². The van der Waals surface area contributed by atoms with Gasteiger partial charge in [-0.3, -0.25) is 24.0 Å². The van der Waals surface area contributed by atoms with E-state index in [0.717, 1.165) is 11.8 Å². The number of hydrogen-bond donors (Lipinski definition) is 4. The summed E-state index contributed by atoms with van der Waals surface area (Å²) in [5, 5.41) is 6.61. The van der Waals surface area contributed by atoms with E-state index >= 15 is 0 Å². The molecule has 5 N–H and O–H groups in total. The number of halogens is 3. The second-order valence-corrected chi connectivity index (χ2v) is 8.74. The predicted octanol–water partition coefficient (Wildman–Crippen LogP) is -0.536. The average molecular weight is 467 g/mol. The molecule has 0 aliphatic carbocycles. The Balaban J connectivity index is 5.75. The zero-order valence-electron chi connectivity index (χ0n) is 19.2. The Kier molecular flexibility index (Phi) is 10.3. The average Bonchev–Trinajstić information content (AvgIpc) is 2.62. The molecule has 0 bridgehead atoms. The Bertz CT molecular complexity index is 732. The first-order valence-electron chi connectivity index (χ1n) is 9.76. The number of nitrogens with zero attached hydrogens (tertiary/aromatic N) is 1. The van der Waals surface area contributed by atoms with Crippen molar-refractivity contribution >= 4 is 29.4 Å². The van der Waals surface area contributed by atoms with Gasteiger partial charge in [0.1, 0.15) is 12.1 Å².